The van der Waals surface area contributed by atoms with E-state index in [0.717, 1.165) is 15.6 Å². The zero-order valence-corrected chi connectivity index (χ0v) is 13.5. The Hall–Kier alpha value is -2.34. The lowest BCUT2D eigenvalue weighted by Gasteiger charge is -2.11. The summed E-state index contributed by atoms with van der Waals surface area (Å²) in [6.07, 6.45) is 0. The van der Waals surface area contributed by atoms with Gasteiger partial charge in [-0.3, -0.25) is 0 Å². The monoisotopic (exact) mass is 362 g/mol. The fraction of sp³-hybridized carbons (Fsp3) is 0.125. The number of halogens is 1. The molecule has 0 aromatic heterocycles. The molecule has 0 aliphatic carbocycles. The van der Waals surface area contributed by atoms with Crippen LogP contribution in [-0.2, 0) is 11.3 Å². The lowest BCUT2D eigenvalue weighted by molar-refractivity contribution is 0.0697. The van der Waals surface area contributed by atoms with Gasteiger partial charge < -0.3 is 15.7 Å². The SMILES string of the molecule is Cc1cc(Br)ccc1CO/C(=N\N)c1ccc(C(=O)O)cc1. The Morgan fingerprint density at radius 1 is 1.23 bits per heavy atom. The van der Waals surface area contributed by atoms with Crippen LogP contribution in [0.4, 0.5) is 0 Å². The van der Waals surface area contributed by atoms with Gasteiger partial charge in [0.1, 0.15) is 6.61 Å². The second-order valence-corrected chi connectivity index (χ2v) is 5.59. The van der Waals surface area contributed by atoms with Gasteiger partial charge in [-0.1, -0.05) is 22.0 Å². The number of rotatable bonds is 4. The summed E-state index contributed by atoms with van der Waals surface area (Å²) in [5.41, 5.74) is 2.93. The third kappa shape index (κ3) is 3.85. The number of aryl methyl sites for hydroxylation is 1. The van der Waals surface area contributed by atoms with E-state index in [4.69, 9.17) is 15.7 Å². The summed E-state index contributed by atoms with van der Waals surface area (Å²) in [5.74, 6) is 4.65. The Morgan fingerprint density at radius 3 is 2.41 bits per heavy atom. The third-order valence-electron chi connectivity index (χ3n) is 3.17. The minimum absolute atomic E-state index is 0.198. The number of nitrogens with two attached hydrogens (primary N) is 1. The van der Waals surface area contributed by atoms with Crippen molar-refractivity contribution in [3.05, 3.63) is 69.2 Å². The molecule has 0 bridgehead atoms. The van der Waals surface area contributed by atoms with Crippen LogP contribution in [0.1, 0.15) is 27.0 Å². The van der Waals surface area contributed by atoms with Gasteiger partial charge in [0, 0.05) is 10.0 Å². The lowest BCUT2D eigenvalue weighted by atomic mass is 10.1. The van der Waals surface area contributed by atoms with Crippen LogP contribution < -0.4 is 5.84 Å². The van der Waals surface area contributed by atoms with E-state index in [-0.39, 0.29) is 11.5 Å². The molecule has 22 heavy (non-hydrogen) atoms. The highest BCUT2D eigenvalue weighted by molar-refractivity contribution is 9.10. The fourth-order valence-corrected chi connectivity index (χ4v) is 2.39. The number of carbonyl (C=O) groups is 1. The van der Waals surface area contributed by atoms with Gasteiger partial charge >= 0.3 is 5.97 Å². The Bertz CT molecular complexity index is 712. The molecule has 0 saturated heterocycles. The van der Waals surface area contributed by atoms with E-state index in [1.54, 1.807) is 12.1 Å². The average molecular weight is 363 g/mol. The molecule has 5 nitrogen and oxygen atoms in total. The number of hydrogen-bond acceptors (Lipinski definition) is 4. The van der Waals surface area contributed by atoms with E-state index in [2.05, 4.69) is 21.0 Å². The van der Waals surface area contributed by atoms with Gasteiger partial charge in [-0.2, -0.15) is 0 Å². The van der Waals surface area contributed by atoms with Crippen LogP contribution >= 0.6 is 15.9 Å². The summed E-state index contributed by atoms with van der Waals surface area (Å²) in [6, 6.07) is 12.1. The summed E-state index contributed by atoms with van der Waals surface area (Å²) in [4.78, 5) is 10.8. The number of hydrazone groups is 1. The van der Waals surface area contributed by atoms with Gasteiger partial charge in [0.25, 0.3) is 0 Å². The third-order valence-corrected chi connectivity index (χ3v) is 3.66. The molecular formula is C16H15BrN2O3. The molecule has 2 aromatic rings. The number of hydrogen-bond donors (Lipinski definition) is 2. The Kier molecular flexibility index (Phi) is 5.16. The van der Waals surface area contributed by atoms with E-state index in [1.165, 1.54) is 12.1 Å². The van der Waals surface area contributed by atoms with Crippen LogP contribution in [0.25, 0.3) is 0 Å². The van der Waals surface area contributed by atoms with Gasteiger partial charge in [-0.05, 0) is 54.4 Å². The van der Waals surface area contributed by atoms with Crippen molar-refractivity contribution in [2.45, 2.75) is 13.5 Å². The fourth-order valence-electron chi connectivity index (χ4n) is 1.92. The maximum atomic E-state index is 10.8. The van der Waals surface area contributed by atoms with Crippen molar-refractivity contribution >= 4 is 27.8 Å². The summed E-state index contributed by atoms with van der Waals surface area (Å²) in [6.45, 7) is 2.32. The standard InChI is InChI=1S/C16H15BrN2O3/c1-10-8-14(17)7-6-13(10)9-22-15(19-18)11-2-4-12(5-3-11)16(20)21/h2-8H,9,18H2,1H3,(H,20,21)/b19-15-. The molecule has 0 heterocycles. The Morgan fingerprint density at radius 2 is 1.86 bits per heavy atom. The summed E-state index contributed by atoms with van der Waals surface area (Å²) in [5, 5.41) is 12.5. The number of carboxylic acid groups (broad SMARTS) is 1. The predicted octanol–water partition coefficient (Wildman–Crippen LogP) is 3.29. The topological polar surface area (TPSA) is 84.9 Å². The minimum Gasteiger partial charge on any atom is -0.478 e. The van der Waals surface area contributed by atoms with Crippen molar-refractivity contribution in [1.82, 2.24) is 0 Å². The summed E-state index contributed by atoms with van der Waals surface area (Å²) >= 11 is 3.41. The van der Waals surface area contributed by atoms with Crippen molar-refractivity contribution in [3.63, 3.8) is 0 Å². The predicted molar refractivity (Wildman–Crippen MR) is 87.8 cm³/mol. The largest absolute Gasteiger partial charge is 0.478 e. The molecule has 0 saturated carbocycles. The van der Waals surface area contributed by atoms with Crippen LogP contribution in [0.15, 0.2) is 52.0 Å². The summed E-state index contributed by atoms with van der Waals surface area (Å²) in [7, 11) is 0. The Balaban J connectivity index is 2.11. The smallest absolute Gasteiger partial charge is 0.335 e. The molecule has 114 valence electrons. The number of nitrogens with zero attached hydrogens (tertiary/aromatic N) is 1. The minimum atomic E-state index is -0.982. The molecule has 0 aliphatic heterocycles. The Labute approximate surface area is 136 Å². The number of ether oxygens (including phenoxy) is 1. The molecule has 0 radical (unpaired) electrons. The number of carboxylic acids is 1. The summed E-state index contributed by atoms with van der Waals surface area (Å²) < 4.78 is 6.65. The molecule has 0 fully saturated rings. The molecule has 0 aliphatic rings. The first kappa shape index (κ1) is 16.0. The van der Waals surface area contributed by atoms with Gasteiger partial charge in [-0.15, -0.1) is 5.10 Å². The maximum Gasteiger partial charge on any atom is 0.335 e. The van der Waals surface area contributed by atoms with Gasteiger partial charge in [0.05, 0.1) is 5.56 Å². The van der Waals surface area contributed by atoms with Crippen LogP contribution in [0.5, 0.6) is 0 Å². The molecule has 0 unspecified atom stereocenters. The first-order chi connectivity index (χ1) is 10.5. The highest BCUT2D eigenvalue weighted by Gasteiger charge is 2.09. The second-order valence-electron chi connectivity index (χ2n) is 4.68. The molecule has 0 amide bonds. The molecule has 0 atom stereocenters. The van der Waals surface area contributed by atoms with Crippen molar-refractivity contribution in [2.75, 3.05) is 0 Å². The van der Waals surface area contributed by atoms with E-state index >= 15 is 0 Å². The second kappa shape index (κ2) is 7.09. The first-order valence-corrected chi connectivity index (χ1v) is 7.30. The van der Waals surface area contributed by atoms with Gasteiger partial charge in [-0.25, -0.2) is 4.79 Å². The van der Waals surface area contributed by atoms with Crippen molar-refractivity contribution in [1.29, 1.82) is 0 Å². The zero-order valence-electron chi connectivity index (χ0n) is 11.9. The first-order valence-electron chi connectivity index (χ1n) is 6.50. The van der Waals surface area contributed by atoms with Crippen molar-refractivity contribution < 1.29 is 14.6 Å². The van der Waals surface area contributed by atoms with Crippen molar-refractivity contribution in [2.24, 2.45) is 10.9 Å². The van der Waals surface area contributed by atoms with Crippen molar-refractivity contribution in [3.8, 4) is 0 Å². The van der Waals surface area contributed by atoms with Crippen LogP contribution in [0.2, 0.25) is 0 Å². The molecule has 2 aromatic carbocycles. The van der Waals surface area contributed by atoms with Gasteiger partial charge in [0.2, 0.25) is 5.90 Å². The highest BCUT2D eigenvalue weighted by atomic mass is 79.9. The molecule has 2 rings (SSSR count). The highest BCUT2D eigenvalue weighted by Crippen LogP contribution is 2.17. The normalized spacial score (nSPS) is 11.3. The lowest BCUT2D eigenvalue weighted by Crippen LogP contribution is -2.10. The van der Waals surface area contributed by atoms with Crippen LogP contribution in [0.3, 0.4) is 0 Å². The quantitative estimate of drug-likeness (QED) is 0.378. The number of benzene rings is 2. The molecule has 0 spiro atoms. The molecule has 3 N–H and O–H groups in total. The molecular weight excluding hydrogens is 348 g/mol. The van der Waals surface area contributed by atoms with Gasteiger partial charge in [0.15, 0.2) is 0 Å². The van der Waals surface area contributed by atoms with E-state index < -0.39 is 5.97 Å². The van der Waals surface area contributed by atoms with E-state index in [0.29, 0.717) is 12.2 Å². The van der Waals surface area contributed by atoms with Crippen LogP contribution in [-0.4, -0.2) is 17.0 Å². The molecule has 6 heteroatoms. The van der Waals surface area contributed by atoms with Crippen LogP contribution in [0, 0.1) is 6.92 Å². The van der Waals surface area contributed by atoms with E-state index in [9.17, 15) is 4.79 Å². The van der Waals surface area contributed by atoms with E-state index in [1.807, 2.05) is 25.1 Å². The number of aromatic carboxylic acids is 1. The maximum absolute atomic E-state index is 10.8. The average Bonchev–Trinajstić information content (AvgIpc) is 2.50. The zero-order chi connectivity index (χ0) is 16.1.